The molecule has 0 bridgehead atoms. The number of anilines is 2. The van der Waals surface area contributed by atoms with Gasteiger partial charge in [-0.05, 0) is 12.1 Å². The first kappa shape index (κ1) is 12.9. The summed E-state index contributed by atoms with van der Waals surface area (Å²) in [6.45, 7) is 0. The Morgan fingerprint density at radius 3 is 2.79 bits per heavy atom. The first-order valence-corrected chi connectivity index (χ1v) is 5.36. The molecule has 0 spiro atoms. The maximum absolute atomic E-state index is 13.3. The number of hydrogen-bond donors (Lipinski definition) is 2. The van der Waals surface area contributed by atoms with E-state index in [4.69, 9.17) is 0 Å². The lowest BCUT2D eigenvalue weighted by atomic mass is 10.2. The summed E-state index contributed by atoms with van der Waals surface area (Å²) in [5.74, 6) is -1.79. The Bertz CT molecular complexity index is 618. The Balaban J connectivity index is 2.30. The summed E-state index contributed by atoms with van der Waals surface area (Å²) in [5.41, 5.74) is -0.0509. The Hall–Kier alpha value is -2.57. The SMILES string of the molecule is CNc1ncc(F)cc1C(=O)Nc1ccncc1F. The van der Waals surface area contributed by atoms with Crippen LogP contribution >= 0.6 is 0 Å². The quantitative estimate of drug-likeness (QED) is 0.890. The van der Waals surface area contributed by atoms with Gasteiger partial charge in [0, 0.05) is 13.2 Å². The minimum absolute atomic E-state index is 0.0151. The highest BCUT2D eigenvalue weighted by Crippen LogP contribution is 2.17. The van der Waals surface area contributed by atoms with Crippen molar-refractivity contribution in [2.24, 2.45) is 0 Å². The van der Waals surface area contributed by atoms with Crippen molar-refractivity contribution in [1.29, 1.82) is 0 Å². The minimum atomic E-state index is -0.675. The molecule has 0 saturated heterocycles. The lowest BCUT2D eigenvalue weighted by molar-refractivity contribution is 0.102. The number of halogens is 2. The van der Waals surface area contributed by atoms with E-state index in [-0.39, 0.29) is 17.1 Å². The predicted molar refractivity (Wildman–Crippen MR) is 65.9 cm³/mol. The molecule has 7 heteroatoms. The third kappa shape index (κ3) is 2.82. The number of carbonyl (C=O) groups excluding carboxylic acids is 1. The first-order valence-electron chi connectivity index (χ1n) is 5.36. The Morgan fingerprint density at radius 1 is 1.32 bits per heavy atom. The molecule has 2 rings (SSSR count). The van der Waals surface area contributed by atoms with Crippen molar-refractivity contribution in [2.45, 2.75) is 0 Å². The van der Waals surface area contributed by atoms with Crippen LogP contribution in [0.1, 0.15) is 10.4 Å². The zero-order chi connectivity index (χ0) is 13.8. The van der Waals surface area contributed by atoms with Crippen LogP contribution in [0.5, 0.6) is 0 Å². The first-order chi connectivity index (χ1) is 9.11. The second-order valence-electron chi connectivity index (χ2n) is 3.61. The lowest BCUT2D eigenvalue weighted by Crippen LogP contribution is -2.16. The van der Waals surface area contributed by atoms with Gasteiger partial charge in [-0.2, -0.15) is 0 Å². The number of amides is 1. The molecule has 2 N–H and O–H groups in total. The summed E-state index contributed by atoms with van der Waals surface area (Å²) in [6, 6.07) is 2.33. The van der Waals surface area contributed by atoms with Gasteiger partial charge in [-0.1, -0.05) is 0 Å². The molecule has 0 fully saturated rings. The fraction of sp³-hybridized carbons (Fsp3) is 0.0833. The van der Waals surface area contributed by atoms with Crippen molar-refractivity contribution in [3.05, 3.63) is 47.9 Å². The van der Waals surface area contributed by atoms with Crippen molar-refractivity contribution in [3.8, 4) is 0 Å². The highest BCUT2D eigenvalue weighted by Gasteiger charge is 2.15. The number of carbonyl (C=O) groups is 1. The third-order valence-electron chi connectivity index (χ3n) is 2.36. The molecule has 0 aliphatic carbocycles. The molecular formula is C12H10F2N4O. The van der Waals surface area contributed by atoms with Gasteiger partial charge < -0.3 is 10.6 Å². The lowest BCUT2D eigenvalue weighted by Gasteiger charge is -2.09. The molecular weight excluding hydrogens is 254 g/mol. The van der Waals surface area contributed by atoms with Gasteiger partial charge in [-0.3, -0.25) is 9.78 Å². The molecule has 0 unspecified atom stereocenters. The molecule has 2 aromatic heterocycles. The summed E-state index contributed by atoms with van der Waals surface area (Å²) in [4.78, 5) is 19.2. The van der Waals surface area contributed by atoms with Gasteiger partial charge in [-0.15, -0.1) is 0 Å². The zero-order valence-corrected chi connectivity index (χ0v) is 9.95. The van der Waals surface area contributed by atoms with Crippen LogP contribution in [0.4, 0.5) is 20.3 Å². The average molecular weight is 264 g/mol. The van der Waals surface area contributed by atoms with E-state index in [1.165, 1.54) is 12.3 Å². The van der Waals surface area contributed by atoms with Gasteiger partial charge in [0.2, 0.25) is 0 Å². The number of aromatic nitrogens is 2. The highest BCUT2D eigenvalue weighted by molar-refractivity contribution is 6.07. The predicted octanol–water partition coefficient (Wildman–Crippen LogP) is 2.05. The molecule has 0 aliphatic heterocycles. The monoisotopic (exact) mass is 264 g/mol. The Kier molecular flexibility index (Phi) is 3.65. The largest absolute Gasteiger partial charge is 0.372 e. The van der Waals surface area contributed by atoms with Crippen LogP contribution in [-0.2, 0) is 0 Å². The summed E-state index contributed by atoms with van der Waals surface area (Å²) < 4.78 is 26.5. The van der Waals surface area contributed by atoms with E-state index in [0.29, 0.717) is 0 Å². The molecule has 0 radical (unpaired) electrons. The van der Waals surface area contributed by atoms with Gasteiger partial charge in [0.1, 0.15) is 11.6 Å². The maximum atomic E-state index is 13.3. The molecule has 0 aliphatic rings. The van der Waals surface area contributed by atoms with Crippen molar-refractivity contribution in [1.82, 2.24) is 9.97 Å². The molecule has 2 heterocycles. The Morgan fingerprint density at radius 2 is 2.11 bits per heavy atom. The maximum Gasteiger partial charge on any atom is 0.259 e. The van der Waals surface area contributed by atoms with E-state index >= 15 is 0 Å². The van der Waals surface area contributed by atoms with Crippen molar-refractivity contribution in [3.63, 3.8) is 0 Å². The molecule has 5 nitrogen and oxygen atoms in total. The van der Waals surface area contributed by atoms with Crippen LogP contribution < -0.4 is 10.6 Å². The van der Waals surface area contributed by atoms with Gasteiger partial charge >= 0.3 is 0 Å². The third-order valence-corrected chi connectivity index (χ3v) is 2.36. The number of hydrogen-bond acceptors (Lipinski definition) is 4. The van der Waals surface area contributed by atoms with Crippen LogP contribution in [0.15, 0.2) is 30.7 Å². The fourth-order valence-electron chi connectivity index (χ4n) is 1.48. The van der Waals surface area contributed by atoms with Crippen LogP contribution in [0.2, 0.25) is 0 Å². The standard InChI is InChI=1S/C12H10F2N4O/c1-15-11-8(4-7(13)5-17-11)12(19)18-10-2-3-16-6-9(10)14/h2-6H,1H3,(H,15,17)(H,16,18,19). The van der Waals surface area contributed by atoms with E-state index in [0.717, 1.165) is 18.5 Å². The van der Waals surface area contributed by atoms with Crippen LogP contribution in [0, 0.1) is 11.6 Å². The molecule has 2 aromatic rings. The van der Waals surface area contributed by atoms with Crippen molar-refractivity contribution < 1.29 is 13.6 Å². The number of nitrogens with one attached hydrogen (secondary N) is 2. The smallest absolute Gasteiger partial charge is 0.259 e. The number of nitrogens with zero attached hydrogens (tertiary/aromatic N) is 2. The molecule has 0 saturated carbocycles. The zero-order valence-electron chi connectivity index (χ0n) is 9.95. The average Bonchev–Trinajstić information content (AvgIpc) is 2.41. The second-order valence-corrected chi connectivity index (χ2v) is 3.61. The molecule has 0 atom stereocenters. The van der Waals surface area contributed by atoms with Gasteiger partial charge in [0.05, 0.1) is 23.6 Å². The van der Waals surface area contributed by atoms with Gasteiger partial charge in [0.15, 0.2) is 5.82 Å². The molecule has 19 heavy (non-hydrogen) atoms. The topological polar surface area (TPSA) is 66.9 Å². The normalized spacial score (nSPS) is 10.1. The van der Waals surface area contributed by atoms with Crippen molar-refractivity contribution >= 4 is 17.4 Å². The van der Waals surface area contributed by atoms with Gasteiger partial charge in [0.25, 0.3) is 5.91 Å². The highest BCUT2D eigenvalue weighted by atomic mass is 19.1. The van der Waals surface area contributed by atoms with E-state index in [9.17, 15) is 13.6 Å². The molecule has 0 aromatic carbocycles. The van der Waals surface area contributed by atoms with E-state index in [2.05, 4.69) is 20.6 Å². The fourth-order valence-corrected chi connectivity index (χ4v) is 1.48. The summed E-state index contributed by atoms with van der Waals surface area (Å²) in [6.07, 6.45) is 3.29. The van der Waals surface area contributed by atoms with Gasteiger partial charge in [-0.25, -0.2) is 13.8 Å². The summed E-state index contributed by atoms with van der Waals surface area (Å²) in [7, 11) is 1.55. The minimum Gasteiger partial charge on any atom is -0.372 e. The number of pyridine rings is 2. The Labute approximate surface area is 107 Å². The van der Waals surface area contributed by atoms with Crippen LogP contribution in [-0.4, -0.2) is 22.9 Å². The van der Waals surface area contributed by atoms with Crippen molar-refractivity contribution in [2.75, 3.05) is 17.7 Å². The van der Waals surface area contributed by atoms with E-state index in [1.54, 1.807) is 7.05 Å². The molecule has 1 amide bonds. The van der Waals surface area contributed by atoms with E-state index in [1.807, 2.05) is 0 Å². The van der Waals surface area contributed by atoms with Crippen LogP contribution in [0.3, 0.4) is 0 Å². The van der Waals surface area contributed by atoms with E-state index < -0.39 is 17.5 Å². The molecule has 98 valence electrons. The second kappa shape index (κ2) is 5.38. The number of rotatable bonds is 3. The summed E-state index contributed by atoms with van der Waals surface area (Å²) >= 11 is 0. The summed E-state index contributed by atoms with van der Waals surface area (Å²) in [5, 5.41) is 4.99. The van der Waals surface area contributed by atoms with Crippen LogP contribution in [0.25, 0.3) is 0 Å².